The maximum absolute atomic E-state index is 11.4. The Morgan fingerprint density at radius 3 is 3.00 bits per heavy atom. The predicted octanol–water partition coefficient (Wildman–Crippen LogP) is 1.62. The van der Waals surface area contributed by atoms with Crippen molar-refractivity contribution in [2.45, 2.75) is 26.7 Å². The van der Waals surface area contributed by atoms with Crippen molar-refractivity contribution < 1.29 is 9.47 Å². The first-order valence-corrected chi connectivity index (χ1v) is 7.23. The minimum Gasteiger partial charge on any atom is -0.454 e. The number of hydrogen-bond donors (Lipinski definition) is 2. The molecule has 1 aliphatic heterocycles. The van der Waals surface area contributed by atoms with Crippen molar-refractivity contribution in [3.05, 3.63) is 39.8 Å². The number of nitrogens with zero attached hydrogens (tertiary/aromatic N) is 3. The Hall–Kier alpha value is -2.90. The van der Waals surface area contributed by atoms with Gasteiger partial charge in [0.15, 0.2) is 11.5 Å². The number of benzene rings is 1. The van der Waals surface area contributed by atoms with Crippen LogP contribution in [0.15, 0.2) is 28.1 Å². The van der Waals surface area contributed by atoms with Crippen molar-refractivity contribution in [2.75, 3.05) is 12.2 Å². The molecule has 0 saturated carbocycles. The van der Waals surface area contributed by atoms with E-state index in [4.69, 9.17) is 9.47 Å². The van der Waals surface area contributed by atoms with E-state index in [0.29, 0.717) is 5.69 Å². The molecular weight excluding hydrogens is 298 g/mol. The lowest BCUT2D eigenvalue weighted by Gasteiger charge is -2.04. The van der Waals surface area contributed by atoms with Crippen LogP contribution in [0.3, 0.4) is 0 Å². The highest BCUT2D eigenvalue weighted by Gasteiger charge is 2.13. The lowest BCUT2D eigenvalue weighted by atomic mass is 10.1. The first-order valence-electron chi connectivity index (χ1n) is 7.23. The number of nitrogens with one attached hydrogen (secondary N) is 2. The van der Waals surface area contributed by atoms with E-state index in [-0.39, 0.29) is 18.3 Å². The van der Waals surface area contributed by atoms with Crippen molar-refractivity contribution in [2.24, 2.45) is 5.10 Å². The molecule has 1 aromatic carbocycles. The molecule has 0 saturated heterocycles. The Labute approximate surface area is 132 Å². The number of anilines is 1. The average molecular weight is 315 g/mol. The van der Waals surface area contributed by atoms with Gasteiger partial charge in [-0.3, -0.25) is 9.78 Å². The normalized spacial score (nSPS) is 13.2. The van der Waals surface area contributed by atoms with Gasteiger partial charge in [0.2, 0.25) is 12.7 Å². The summed E-state index contributed by atoms with van der Waals surface area (Å²) in [7, 11) is 0. The molecule has 2 heterocycles. The molecule has 8 nitrogen and oxygen atoms in total. The summed E-state index contributed by atoms with van der Waals surface area (Å²) in [5.74, 6) is 1.79. The highest BCUT2D eigenvalue weighted by Crippen LogP contribution is 2.32. The number of aryl methyl sites for hydroxylation is 2. The molecule has 120 valence electrons. The average Bonchev–Trinajstić information content (AvgIpc) is 3.01. The lowest BCUT2D eigenvalue weighted by molar-refractivity contribution is 0.174. The van der Waals surface area contributed by atoms with Crippen molar-refractivity contribution in [1.29, 1.82) is 0 Å². The van der Waals surface area contributed by atoms with E-state index in [1.807, 2.05) is 25.1 Å². The SMILES string of the molecule is C/C(CCc1ccc2c(c1)OCO2)=N\Nc1nnc(C)c(=O)[nH]1. The molecular formula is C15H17N5O3. The molecule has 2 N–H and O–H groups in total. The van der Waals surface area contributed by atoms with Crippen LogP contribution >= 0.6 is 0 Å². The van der Waals surface area contributed by atoms with Crippen LogP contribution in [0.1, 0.15) is 24.6 Å². The van der Waals surface area contributed by atoms with Gasteiger partial charge in [0.1, 0.15) is 5.69 Å². The fourth-order valence-corrected chi connectivity index (χ4v) is 2.07. The fourth-order valence-electron chi connectivity index (χ4n) is 2.07. The van der Waals surface area contributed by atoms with Gasteiger partial charge < -0.3 is 9.47 Å². The second-order valence-electron chi connectivity index (χ2n) is 5.23. The summed E-state index contributed by atoms with van der Waals surface area (Å²) in [5.41, 5.74) is 4.77. The van der Waals surface area contributed by atoms with Gasteiger partial charge >= 0.3 is 0 Å². The molecule has 0 fully saturated rings. The van der Waals surface area contributed by atoms with E-state index in [0.717, 1.165) is 35.6 Å². The molecule has 0 atom stereocenters. The van der Waals surface area contributed by atoms with Crippen LogP contribution in [0.2, 0.25) is 0 Å². The number of hydrogen-bond acceptors (Lipinski definition) is 7. The zero-order valence-corrected chi connectivity index (χ0v) is 12.9. The second kappa shape index (κ2) is 6.47. The third-order valence-corrected chi connectivity index (χ3v) is 3.43. The third-order valence-electron chi connectivity index (χ3n) is 3.43. The Morgan fingerprint density at radius 1 is 1.35 bits per heavy atom. The number of hydrazone groups is 1. The zero-order valence-electron chi connectivity index (χ0n) is 12.9. The van der Waals surface area contributed by atoms with Gasteiger partial charge in [-0.25, -0.2) is 5.43 Å². The maximum atomic E-state index is 11.4. The Morgan fingerprint density at radius 2 is 2.17 bits per heavy atom. The molecule has 0 amide bonds. The summed E-state index contributed by atoms with van der Waals surface area (Å²) >= 11 is 0. The van der Waals surface area contributed by atoms with Crippen molar-refractivity contribution >= 4 is 11.7 Å². The van der Waals surface area contributed by atoms with Gasteiger partial charge in [0.25, 0.3) is 5.56 Å². The van der Waals surface area contributed by atoms with Crippen LogP contribution in [-0.2, 0) is 6.42 Å². The summed E-state index contributed by atoms with van der Waals surface area (Å²) < 4.78 is 10.6. The summed E-state index contributed by atoms with van der Waals surface area (Å²) in [5, 5.41) is 11.7. The van der Waals surface area contributed by atoms with Gasteiger partial charge in [0, 0.05) is 5.71 Å². The van der Waals surface area contributed by atoms with Crippen LogP contribution < -0.4 is 20.5 Å². The van der Waals surface area contributed by atoms with E-state index < -0.39 is 0 Å². The molecule has 0 bridgehead atoms. The van der Waals surface area contributed by atoms with Gasteiger partial charge in [0.05, 0.1) is 0 Å². The lowest BCUT2D eigenvalue weighted by Crippen LogP contribution is -2.16. The standard InChI is InChI=1S/C15H17N5O3/c1-9(17-19-15-16-14(21)10(2)18-20-15)3-4-11-5-6-12-13(7-11)23-8-22-12/h5-7H,3-4,8H2,1-2H3,(H2,16,19,20,21)/b17-9+. The summed E-state index contributed by atoms with van der Waals surface area (Å²) in [6.07, 6.45) is 1.58. The monoisotopic (exact) mass is 315 g/mol. The number of aromatic amines is 1. The molecule has 23 heavy (non-hydrogen) atoms. The van der Waals surface area contributed by atoms with E-state index in [9.17, 15) is 4.79 Å². The van der Waals surface area contributed by atoms with Crippen LogP contribution in [0.4, 0.5) is 5.95 Å². The topological polar surface area (TPSA) is 101 Å². The first kappa shape index (κ1) is 15.0. The third kappa shape index (κ3) is 3.65. The Balaban J connectivity index is 1.57. The van der Waals surface area contributed by atoms with E-state index in [2.05, 4.69) is 25.7 Å². The zero-order chi connectivity index (χ0) is 16.2. The summed E-state index contributed by atoms with van der Waals surface area (Å²) in [6, 6.07) is 5.90. The molecule has 0 unspecified atom stereocenters. The minimum atomic E-state index is -0.282. The van der Waals surface area contributed by atoms with Gasteiger partial charge in [-0.1, -0.05) is 6.07 Å². The quantitative estimate of drug-likeness (QED) is 0.642. The number of rotatable bonds is 5. The van der Waals surface area contributed by atoms with Crippen LogP contribution in [-0.4, -0.2) is 27.7 Å². The molecule has 8 heteroatoms. The number of fused-ring (bicyclic) bond motifs is 1. The molecule has 1 aromatic heterocycles. The molecule has 3 rings (SSSR count). The van der Waals surface area contributed by atoms with Gasteiger partial charge in [-0.2, -0.15) is 5.10 Å². The van der Waals surface area contributed by atoms with E-state index in [1.54, 1.807) is 6.92 Å². The van der Waals surface area contributed by atoms with E-state index >= 15 is 0 Å². The Bertz CT molecular complexity index is 800. The first-order chi connectivity index (χ1) is 11.1. The van der Waals surface area contributed by atoms with Crippen molar-refractivity contribution in [1.82, 2.24) is 15.2 Å². The predicted molar refractivity (Wildman–Crippen MR) is 85.0 cm³/mol. The smallest absolute Gasteiger partial charge is 0.274 e. The highest BCUT2D eigenvalue weighted by atomic mass is 16.7. The minimum absolute atomic E-state index is 0.225. The fraction of sp³-hybridized carbons (Fsp3) is 0.333. The van der Waals surface area contributed by atoms with Crippen molar-refractivity contribution in [3.8, 4) is 11.5 Å². The molecule has 0 spiro atoms. The second-order valence-corrected chi connectivity index (χ2v) is 5.23. The molecule has 1 aliphatic rings. The maximum Gasteiger partial charge on any atom is 0.274 e. The van der Waals surface area contributed by atoms with E-state index in [1.165, 1.54) is 0 Å². The molecule has 0 radical (unpaired) electrons. The van der Waals surface area contributed by atoms with Crippen LogP contribution in [0, 0.1) is 6.92 Å². The number of aromatic nitrogens is 3. The Kier molecular flexibility index (Phi) is 4.22. The molecule has 0 aliphatic carbocycles. The van der Waals surface area contributed by atoms with Crippen LogP contribution in [0.5, 0.6) is 11.5 Å². The largest absolute Gasteiger partial charge is 0.454 e. The van der Waals surface area contributed by atoms with Gasteiger partial charge in [-0.15, -0.1) is 10.2 Å². The summed E-state index contributed by atoms with van der Waals surface area (Å²) in [6.45, 7) is 3.77. The van der Waals surface area contributed by atoms with Gasteiger partial charge in [-0.05, 0) is 44.4 Å². The number of ether oxygens (including phenoxy) is 2. The number of H-pyrrole nitrogens is 1. The molecule has 2 aromatic rings. The van der Waals surface area contributed by atoms with Crippen LogP contribution in [0.25, 0.3) is 0 Å². The highest BCUT2D eigenvalue weighted by molar-refractivity contribution is 5.82. The summed E-state index contributed by atoms with van der Waals surface area (Å²) in [4.78, 5) is 14.0. The van der Waals surface area contributed by atoms with Crippen molar-refractivity contribution in [3.63, 3.8) is 0 Å².